The van der Waals surface area contributed by atoms with Gasteiger partial charge in [0.25, 0.3) is 0 Å². The second kappa shape index (κ2) is 33.4. The fourth-order valence-corrected chi connectivity index (χ4v) is 6.89. The lowest BCUT2D eigenvalue weighted by atomic mass is 10.0. The van der Waals surface area contributed by atoms with E-state index in [2.05, 4.69) is 20.8 Å². The molecule has 0 bridgehead atoms. The Bertz CT molecular complexity index is 1010. The van der Waals surface area contributed by atoms with E-state index in [1.165, 1.54) is 19.3 Å². The van der Waals surface area contributed by atoms with Crippen LogP contribution >= 0.6 is 0 Å². The summed E-state index contributed by atoms with van der Waals surface area (Å²) in [7, 11) is 3.96. The van der Waals surface area contributed by atoms with Gasteiger partial charge in [-0.2, -0.15) is 0 Å². The Morgan fingerprint density at radius 3 is 1.75 bits per heavy atom. The van der Waals surface area contributed by atoms with Crippen LogP contribution in [0.2, 0.25) is 0 Å². The molecule has 0 aromatic carbocycles. The molecule has 0 aromatic heterocycles. The molecule has 1 aliphatic carbocycles. The van der Waals surface area contributed by atoms with Crippen LogP contribution in [-0.2, 0) is 47.7 Å². The van der Waals surface area contributed by atoms with Gasteiger partial charge in [0.15, 0.2) is 0 Å². The van der Waals surface area contributed by atoms with Crippen LogP contribution in [0.15, 0.2) is 0 Å². The summed E-state index contributed by atoms with van der Waals surface area (Å²) in [5, 5.41) is 0. The number of esters is 5. The van der Waals surface area contributed by atoms with Crippen molar-refractivity contribution in [1.82, 2.24) is 4.90 Å². The zero-order valence-electron chi connectivity index (χ0n) is 35.6. The van der Waals surface area contributed by atoms with Gasteiger partial charge in [0.2, 0.25) is 0 Å². The molecule has 3 unspecified atom stereocenters. The second-order valence-corrected chi connectivity index (χ2v) is 16.0. The predicted octanol–water partition coefficient (Wildman–Crippen LogP) is 9.45. The summed E-state index contributed by atoms with van der Waals surface area (Å²) in [6, 6.07) is 0. The number of hydrogen-bond donors (Lipinski definition) is 0. The van der Waals surface area contributed by atoms with E-state index in [9.17, 15) is 24.0 Å². The smallest absolute Gasteiger partial charge is 0.306 e. The summed E-state index contributed by atoms with van der Waals surface area (Å²) in [6.07, 6.45) is 19.9. The number of unbranched alkanes of at least 4 members (excludes halogenated alkanes) is 10. The van der Waals surface area contributed by atoms with E-state index in [1.54, 1.807) is 0 Å². The highest BCUT2D eigenvalue weighted by Crippen LogP contribution is 2.31. The zero-order chi connectivity index (χ0) is 40.5. The highest BCUT2D eigenvalue weighted by molar-refractivity contribution is 5.71. The molecular weight excluding hydrogens is 702 g/mol. The molecule has 1 saturated carbocycles. The molecule has 0 aliphatic heterocycles. The first-order valence-corrected chi connectivity index (χ1v) is 22.1. The molecule has 1 rings (SSSR count). The quantitative estimate of drug-likeness (QED) is 0.0346. The van der Waals surface area contributed by atoms with Crippen LogP contribution in [0, 0.1) is 11.8 Å². The van der Waals surface area contributed by atoms with Crippen molar-refractivity contribution in [1.29, 1.82) is 0 Å². The Balaban J connectivity index is 2.54. The highest BCUT2D eigenvalue weighted by atomic mass is 16.6. The van der Waals surface area contributed by atoms with Gasteiger partial charge in [-0.3, -0.25) is 24.0 Å². The lowest BCUT2D eigenvalue weighted by Crippen LogP contribution is -2.22. The van der Waals surface area contributed by atoms with Crippen molar-refractivity contribution in [3.63, 3.8) is 0 Å². The van der Waals surface area contributed by atoms with E-state index >= 15 is 0 Å². The first-order valence-electron chi connectivity index (χ1n) is 22.1. The van der Waals surface area contributed by atoms with E-state index in [-0.39, 0.29) is 80.1 Å². The van der Waals surface area contributed by atoms with Crippen LogP contribution in [-0.4, -0.2) is 87.4 Å². The standard InChI is InChI=1S/C44H79NO10/c1-6-9-12-13-14-17-22-38(29-31-51-44(50)33-36-27-28-39(32-36)55-43(49)26-20-30-45(4)5)54-42(48)25-19-18-21-37(34-52-40(46)23-15-10-7-2)35-53-41(47)24-16-11-8-3/h36-39H,6-35H2,1-5H3. The molecule has 320 valence electrons. The average Bonchev–Trinajstić information content (AvgIpc) is 3.58. The van der Waals surface area contributed by atoms with Gasteiger partial charge < -0.3 is 28.6 Å². The first kappa shape index (κ1) is 50.3. The van der Waals surface area contributed by atoms with Crippen molar-refractivity contribution in [2.24, 2.45) is 11.8 Å². The largest absolute Gasteiger partial charge is 0.466 e. The molecule has 0 heterocycles. The zero-order valence-corrected chi connectivity index (χ0v) is 35.6. The monoisotopic (exact) mass is 782 g/mol. The molecule has 0 saturated heterocycles. The van der Waals surface area contributed by atoms with E-state index in [0.29, 0.717) is 57.8 Å². The minimum Gasteiger partial charge on any atom is -0.466 e. The van der Waals surface area contributed by atoms with Gasteiger partial charge in [0.05, 0.1) is 19.8 Å². The molecule has 1 aliphatic rings. The topological polar surface area (TPSA) is 135 Å². The van der Waals surface area contributed by atoms with Crippen LogP contribution in [0.1, 0.15) is 188 Å². The third kappa shape index (κ3) is 29.2. The molecule has 0 spiro atoms. The number of carbonyl (C=O) groups is 5. The third-order valence-corrected chi connectivity index (χ3v) is 10.3. The van der Waals surface area contributed by atoms with Gasteiger partial charge in [0.1, 0.15) is 12.2 Å². The molecular formula is C44H79NO10. The van der Waals surface area contributed by atoms with E-state index < -0.39 is 0 Å². The van der Waals surface area contributed by atoms with E-state index in [0.717, 1.165) is 90.0 Å². The summed E-state index contributed by atoms with van der Waals surface area (Å²) in [5.74, 6) is -1.14. The molecule has 0 aromatic rings. The number of rotatable bonds is 35. The van der Waals surface area contributed by atoms with Crippen LogP contribution < -0.4 is 0 Å². The summed E-state index contributed by atoms with van der Waals surface area (Å²) in [4.78, 5) is 64.4. The lowest BCUT2D eigenvalue weighted by molar-refractivity contribution is -0.152. The Kier molecular flexibility index (Phi) is 30.6. The predicted molar refractivity (Wildman–Crippen MR) is 215 cm³/mol. The van der Waals surface area contributed by atoms with Gasteiger partial charge in [-0.1, -0.05) is 85.0 Å². The molecule has 11 nitrogen and oxygen atoms in total. The van der Waals surface area contributed by atoms with Crippen LogP contribution in [0.25, 0.3) is 0 Å². The van der Waals surface area contributed by atoms with Crippen LogP contribution in [0.3, 0.4) is 0 Å². The summed E-state index contributed by atoms with van der Waals surface area (Å²) >= 11 is 0. The highest BCUT2D eigenvalue weighted by Gasteiger charge is 2.29. The summed E-state index contributed by atoms with van der Waals surface area (Å²) < 4.78 is 28.2. The van der Waals surface area contributed by atoms with Crippen molar-refractivity contribution < 1.29 is 47.7 Å². The van der Waals surface area contributed by atoms with Gasteiger partial charge >= 0.3 is 29.8 Å². The van der Waals surface area contributed by atoms with E-state index in [4.69, 9.17) is 23.7 Å². The minimum atomic E-state index is -0.318. The number of ether oxygens (including phenoxy) is 5. The van der Waals surface area contributed by atoms with Gasteiger partial charge in [-0.05, 0) is 90.8 Å². The molecule has 3 atom stereocenters. The van der Waals surface area contributed by atoms with Gasteiger partial charge in [-0.15, -0.1) is 0 Å². The normalized spacial score (nSPS) is 15.9. The SMILES string of the molecule is CCCCCCCCC(CCOC(=O)CC1CCC(OC(=O)CCCN(C)C)C1)OC(=O)CCCCC(COC(=O)CCCCC)COC(=O)CCCCC. The molecule has 1 fully saturated rings. The van der Waals surface area contributed by atoms with Crippen molar-refractivity contribution >= 4 is 29.8 Å². The Labute approximate surface area is 334 Å². The molecule has 0 N–H and O–H groups in total. The number of hydrogen-bond acceptors (Lipinski definition) is 11. The number of carbonyl (C=O) groups excluding carboxylic acids is 5. The Morgan fingerprint density at radius 2 is 1.11 bits per heavy atom. The third-order valence-electron chi connectivity index (χ3n) is 10.3. The maximum atomic E-state index is 13.0. The van der Waals surface area contributed by atoms with Gasteiger partial charge in [0, 0.05) is 44.4 Å². The van der Waals surface area contributed by atoms with Crippen molar-refractivity contribution in [3.05, 3.63) is 0 Å². The molecule has 55 heavy (non-hydrogen) atoms. The van der Waals surface area contributed by atoms with Gasteiger partial charge in [-0.25, -0.2) is 0 Å². The minimum absolute atomic E-state index is 0.125. The number of nitrogens with zero attached hydrogens (tertiary/aromatic N) is 1. The van der Waals surface area contributed by atoms with Crippen molar-refractivity contribution in [2.45, 2.75) is 200 Å². The van der Waals surface area contributed by atoms with Crippen LogP contribution in [0.5, 0.6) is 0 Å². The maximum absolute atomic E-state index is 13.0. The lowest BCUT2D eigenvalue weighted by Gasteiger charge is -2.19. The first-order chi connectivity index (χ1) is 26.6. The summed E-state index contributed by atoms with van der Waals surface area (Å²) in [6.45, 7) is 7.80. The summed E-state index contributed by atoms with van der Waals surface area (Å²) in [5.41, 5.74) is 0. The van der Waals surface area contributed by atoms with E-state index in [1.807, 2.05) is 19.0 Å². The van der Waals surface area contributed by atoms with Crippen LogP contribution in [0.4, 0.5) is 0 Å². The Morgan fingerprint density at radius 1 is 0.564 bits per heavy atom. The molecule has 0 amide bonds. The molecule has 11 heteroatoms. The van der Waals surface area contributed by atoms with Crippen molar-refractivity contribution in [2.75, 3.05) is 40.5 Å². The van der Waals surface area contributed by atoms with Crippen molar-refractivity contribution in [3.8, 4) is 0 Å². The average molecular weight is 782 g/mol. The Hall–Kier alpha value is -2.69. The maximum Gasteiger partial charge on any atom is 0.306 e. The fraction of sp³-hybridized carbons (Fsp3) is 0.886. The second-order valence-electron chi connectivity index (χ2n) is 16.0. The fourth-order valence-electron chi connectivity index (χ4n) is 6.89. The molecule has 0 radical (unpaired) electrons.